The number of ether oxygens (including phenoxy) is 1. The number of hydrogen-bond donors (Lipinski definition) is 0. The Balaban J connectivity index is 1.64. The van der Waals surface area contributed by atoms with E-state index in [1.165, 1.54) is 62.9 Å². The highest BCUT2D eigenvalue weighted by molar-refractivity contribution is 5.61. The molecule has 2 aliphatic rings. The topological polar surface area (TPSA) is 12.5 Å². The third kappa shape index (κ3) is 4.10. The fourth-order valence-corrected chi connectivity index (χ4v) is 3.35. The predicted octanol–water partition coefficient (Wildman–Crippen LogP) is 4.43. The van der Waals surface area contributed by atoms with Crippen LogP contribution in [0.25, 0.3) is 6.08 Å². The van der Waals surface area contributed by atoms with Crippen molar-refractivity contribution < 1.29 is 4.74 Å². The van der Waals surface area contributed by atoms with Gasteiger partial charge in [-0.2, -0.15) is 0 Å². The third-order valence-electron chi connectivity index (χ3n) is 4.65. The minimum absolute atomic E-state index is 0.821. The standard InChI is InChI=1S/C19H27NO/c1-16-6-7-19-18(14-16)15-17(9-13-21-19)8-12-20-10-4-2-3-5-11-20/h6-7,14-15H,2-5,8-13H2,1H3. The molecule has 0 spiro atoms. The second-order valence-electron chi connectivity index (χ2n) is 6.45. The van der Waals surface area contributed by atoms with Gasteiger partial charge in [0.25, 0.3) is 0 Å². The molecule has 0 saturated carbocycles. The number of aryl methyl sites for hydroxylation is 1. The number of nitrogens with zero attached hydrogens (tertiary/aromatic N) is 1. The average Bonchev–Trinajstić information content (AvgIpc) is 2.84. The molecule has 0 amide bonds. The van der Waals surface area contributed by atoms with Gasteiger partial charge in [0.2, 0.25) is 0 Å². The van der Waals surface area contributed by atoms with E-state index in [2.05, 4.69) is 36.1 Å². The lowest BCUT2D eigenvalue weighted by atomic mass is 10.0. The maximum Gasteiger partial charge on any atom is 0.126 e. The van der Waals surface area contributed by atoms with Crippen LogP contribution in [0.5, 0.6) is 5.75 Å². The molecule has 1 fully saturated rings. The first-order chi connectivity index (χ1) is 10.3. The fraction of sp³-hybridized carbons (Fsp3) is 0.579. The molecule has 114 valence electrons. The summed E-state index contributed by atoms with van der Waals surface area (Å²) < 4.78 is 5.88. The van der Waals surface area contributed by atoms with Gasteiger partial charge in [0.15, 0.2) is 0 Å². The molecule has 0 radical (unpaired) electrons. The summed E-state index contributed by atoms with van der Waals surface area (Å²) in [6.07, 6.45) is 10.2. The van der Waals surface area contributed by atoms with E-state index in [9.17, 15) is 0 Å². The van der Waals surface area contributed by atoms with E-state index in [1.807, 2.05) is 0 Å². The largest absolute Gasteiger partial charge is 0.493 e. The number of rotatable bonds is 3. The number of fused-ring (bicyclic) bond motifs is 1. The summed E-state index contributed by atoms with van der Waals surface area (Å²) in [5.41, 5.74) is 4.12. The summed E-state index contributed by atoms with van der Waals surface area (Å²) in [7, 11) is 0. The quantitative estimate of drug-likeness (QED) is 0.814. The van der Waals surface area contributed by atoms with Crippen molar-refractivity contribution in [3.8, 4) is 5.75 Å². The van der Waals surface area contributed by atoms with Crippen molar-refractivity contribution in [3.63, 3.8) is 0 Å². The molecule has 2 aliphatic heterocycles. The molecule has 0 N–H and O–H groups in total. The number of hydrogen-bond acceptors (Lipinski definition) is 2. The summed E-state index contributed by atoms with van der Waals surface area (Å²) in [6, 6.07) is 6.49. The first-order valence-electron chi connectivity index (χ1n) is 8.46. The molecule has 3 rings (SSSR count). The van der Waals surface area contributed by atoms with Crippen LogP contribution in [0, 0.1) is 6.92 Å². The number of benzene rings is 1. The maximum atomic E-state index is 5.88. The van der Waals surface area contributed by atoms with E-state index in [-0.39, 0.29) is 0 Å². The van der Waals surface area contributed by atoms with Crippen molar-refractivity contribution in [2.45, 2.75) is 45.4 Å². The molecule has 1 saturated heterocycles. The van der Waals surface area contributed by atoms with E-state index in [0.717, 1.165) is 18.8 Å². The van der Waals surface area contributed by atoms with Gasteiger partial charge in [0.05, 0.1) is 6.61 Å². The molecular formula is C19H27NO. The Kier molecular flexibility index (Phi) is 4.97. The summed E-state index contributed by atoms with van der Waals surface area (Å²) in [6.45, 7) is 6.77. The first-order valence-corrected chi connectivity index (χ1v) is 8.46. The van der Waals surface area contributed by atoms with Gasteiger partial charge >= 0.3 is 0 Å². The lowest BCUT2D eigenvalue weighted by molar-refractivity contribution is 0.284. The summed E-state index contributed by atoms with van der Waals surface area (Å²) in [4.78, 5) is 2.65. The third-order valence-corrected chi connectivity index (χ3v) is 4.65. The molecule has 21 heavy (non-hydrogen) atoms. The monoisotopic (exact) mass is 285 g/mol. The second-order valence-corrected chi connectivity index (χ2v) is 6.45. The summed E-state index contributed by atoms with van der Waals surface area (Å²) >= 11 is 0. The van der Waals surface area contributed by atoms with Crippen LogP contribution in [0.15, 0.2) is 23.8 Å². The van der Waals surface area contributed by atoms with Crippen LogP contribution in [0.3, 0.4) is 0 Å². The zero-order valence-electron chi connectivity index (χ0n) is 13.2. The molecule has 2 nitrogen and oxygen atoms in total. The van der Waals surface area contributed by atoms with Crippen LogP contribution in [0.2, 0.25) is 0 Å². The molecule has 0 bridgehead atoms. The molecule has 0 aromatic heterocycles. The maximum absolute atomic E-state index is 5.88. The molecule has 0 aliphatic carbocycles. The van der Waals surface area contributed by atoms with Crippen LogP contribution >= 0.6 is 0 Å². The van der Waals surface area contributed by atoms with Gasteiger partial charge in [-0.15, -0.1) is 0 Å². The average molecular weight is 285 g/mol. The Labute approximate surface area is 128 Å². The van der Waals surface area contributed by atoms with Gasteiger partial charge in [0, 0.05) is 18.5 Å². The van der Waals surface area contributed by atoms with E-state index < -0.39 is 0 Å². The normalized spacial score (nSPS) is 20.0. The van der Waals surface area contributed by atoms with Crippen molar-refractivity contribution in [3.05, 3.63) is 34.9 Å². The van der Waals surface area contributed by atoms with Crippen molar-refractivity contribution in [2.24, 2.45) is 0 Å². The zero-order valence-corrected chi connectivity index (χ0v) is 13.2. The first kappa shape index (κ1) is 14.6. The molecular weight excluding hydrogens is 258 g/mol. The van der Waals surface area contributed by atoms with E-state index >= 15 is 0 Å². The van der Waals surface area contributed by atoms with Gasteiger partial charge < -0.3 is 9.64 Å². The van der Waals surface area contributed by atoms with Crippen molar-refractivity contribution in [1.82, 2.24) is 4.90 Å². The van der Waals surface area contributed by atoms with Crippen LogP contribution in [-0.4, -0.2) is 31.1 Å². The predicted molar refractivity (Wildman–Crippen MR) is 88.8 cm³/mol. The molecule has 0 unspecified atom stereocenters. The Morgan fingerprint density at radius 1 is 1.10 bits per heavy atom. The molecule has 2 heteroatoms. The van der Waals surface area contributed by atoms with Crippen LogP contribution < -0.4 is 4.74 Å². The lowest BCUT2D eigenvalue weighted by Crippen LogP contribution is -2.26. The summed E-state index contributed by atoms with van der Waals surface area (Å²) in [5, 5.41) is 0. The van der Waals surface area contributed by atoms with Gasteiger partial charge in [-0.3, -0.25) is 0 Å². The van der Waals surface area contributed by atoms with E-state index in [1.54, 1.807) is 5.57 Å². The highest BCUT2D eigenvalue weighted by atomic mass is 16.5. The van der Waals surface area contributed by atoms with E-state index in [4.69, 9.17) is 4.74 Å². The number of likely N-dealkylation sites (tertiary alicyclic amines) is 1. The minimum atomic E-state index is 0.821. The molecule has 0 atom stereocenters. The smallest absolute Gasteiger partial charge is 0.126 e. The van der Waals surface area contributed by atoms with Gasteiger partial charge in [-0.05, 0) is 51.4 Å². The highest BCUT2D eigenvalue weighted by Gasteiger charge is 2.12. The zero-order chi connectivity index (χ0) is 14.5. The fourth-order valence-electron chi connectivity index (χ4n) is 3.35. The lowest BCUT2D eigenvalue weighted by Gasteiger charge is -2.20. The minimum Gasteiger partial charge on any atom is -0.493 e. The molecule has 2 heterocycles. The van der Waals surface area contributed by atoms with E-state index in [0.29, 0.717) is 0 Å². The van der Waals surface area contributed by atoms with Gasteiger partial charge in [-0.25, -0.2) is 0 Å². The second kappa shape index (κ2) is 7.13. The van der Waals surface area contributed by atoms with Gasteiger partial charge in [0.1, 0.15) is 5.75 Å². The molecule has 1 aromatic carbocycles. The van der Waals surface area contributed by atoms with Gasteiger partial charge in [-0.1, -0.05) is 36.1 Å². The van der Waals surface area contributed by atoms with Crippen LogP contribution in [0.4, 0.5) is 0 Å². The SMILES string of the molecule is Cc1ccc2c(c1)C=C(CCN1CCCCCC1)CCO2. The molecule has 1 aromatic rings. The van der Waals surface area contributed by atoms with Crippen molar-refractivity contribution >= 4 is 6.08 Å². The van der Waals surface area contributed by atoms with Crippen molar-refractivity contribution in [2.75, 3.05) is 26.2 Å². The Bertz CT molecular complexity index is 498. The summed E-state index contributed by atoms with van der Waals surface area (Å²) in [5.74, 6) is 1.05. The highest BCUT2D eigenvalue weighted by Crippen LogP contribution is 2.28. The van der Waals surface area contributed by atoms with Crippen molar-refractivity contribution in [1.29, 1.82) is 0 Å². The Hall–Kier alpha value is -1.28. The Morgan fingerprint density at radius 3 is 2.71 bits per heavy atom. The van der Waals surface area contributed by atoms with Crippen LogP contribution in [0.1, 0.15) is 49.7 Å². The Morgan fingerprint density at radius 2 is 1.90 bits per heavy atom. The van der Waals surface area contributed by atoms with Crippen LogP contribution in [-0.2, 0) is 0 Å².